The quantitative estimate of drug-likeness (QED) is 0.218. The summed E-state index contributed by atoms with van der Waals surface area (Å²) in [4.78, 5) is 13.0. The van der Waals surface area contributed by atoms with Crippen molar-refractivity contribution < 1.29 is 9.53 Å². The summed E-state index contributed by atoms with van der Waals surface area (Å²) < 4.78 is 8.05. The molecule has 0 aliphatic heterocycles. The number of carbonyl (C=O) groups is 1. The molecule has 0 unspecified atom stereocenters. The van der Waals surface area contributed by atoms with Crippen LogP contribution in [0.25, 0.3) is 16.8 Å². The summed E-state index contributed by atoms with van der Waals surface area (Å²) in [6.45, 7) is 9.78. The lowest BCUT2D eigenvalue weighted by atomic mass is 9.99. The Morgan fingerprint density at radius 1 is 0.919 bits per heavy atom. The summed E-state index contributed by atoms with van der Waals surface area (Å²) in [6.07, 6.45) is 5.03. The zero-order chi connectivity index (χ0) is 26.0. The highest BCUT2D eigenvalue weighted by atomic mass is 16.5. The van der Waals surface area contributed by atoms with E-state index in [0.29, 0.717) is 19.4 Å². The molecule has 0 saturated carbocycles. The van der Waals surface area contributed by atoms with E-state index in [9.17, 15) is 4.79 Å². The van der Waals surface area contributed by atoms with Crippen molar-refractivity contribution >= 4 is 17.2 Å². The standard InChI is InChI=1S/C33H36N2O2/c1-4-12-27-18-19-29(23-31(27)37-5-2)25(3)17-20-32(36)34-30-21-22-35(24-26-13-8-6-9-14-26)33(30)28-15-10-7-11-16-28/h6-11,13-16,18-19,21-23H,3-5,12,17,20,24H2,1-2H3,(H,34,36). The molecule has 4 heteroatoms. The number of aryl methyl sites for hydroxylation is 1. The summed E-state index contributed by atoms with van der Waals surface area (Å²) in [5, 5.41) is 3.15. The molecule has 0 saturated heterocycles. The molecule has 1 N–H and O–H groups in total. The minimum atomic E-state index is -0.0246. The number of carbonyl (C=O) groups excluding carboxylic acids is 1. The van der Waals surface area contributed by atoms with Crippen LogP contribution in [0.1, 0.15) is 49.8 Å². The molecule has 4 aromatic rings. The minimum absolute atomic E-state index is 0.0246. The van der Waals surface area contributed by atoms with E-state index < -0.39 is 0 Å². The number of nitrogens with one attached hydrogen (secondary N) is 1. The fourth-order valence-corrected chi connectivity index (χ4v) is 4.56. The smallest absolute Gasteiger partial charge is 0.224 e. The first kappa shape index (κ1) is 26.0. The van der Waals surface area contributed by atoms with Crippen molar-refractivity contribution in [3.8, 4) is 17.0 Å². The second-order valence-corrected chi connectivity index (χ2v) is 9.21. The molecule has 0 aliphatic rings. The maximum atomic E-state index is 13.0. The van der Waals surface area contributed by atoms with Gasteiger partial charge >= 0.3 is 0 Å². The molecular weight excluding hydrogens is 456 g/mol. The molecule has 190 valence electrons. The Morgan fingerprint density at radius 3 is 2.35 bits per heavy atom. The van der Waals surface area contributed by atoms with Gasteiger partial charge in [0.25, 0.3) is 0 Å². The number of nitrogens with zero attached hydrogens (tertiary/aromatic N) is 1. The molecule has 0 fully saturated rings. The third-order valence-electron chi connectivity index (χ3n) is 6.43. The Hall–Kier alpha value is -4.05. The van der Waals surface area contributed by atoms with Gasteiger partial charge < -0.3 is 14.6 Å². The molecular formula is C33H36N2O2. The predicted octanol–water partition coefficient (Wildman–Crippen LogP) is 7.99. The van der Waals surface area contributed by atoms with Gasteiger partial charge in [0.05, 0.1) is 18.0 Å². The van der Waals surface area contributed by atoms with Gasteiger partial charge in [-0.05, 0) is 54.2 Å². The molecule has 0 spiro atoms. The van der Waals surface area contributed by atoms with E-state index in [-0.39, 0.29) is 5.91 Å². The fraction of sp³-hybridized carbons (Fsp3) is 0.242. The van der Waals surface area contributed by atoms with E-state index >= 15 is 0 Å². The number of rotatable bonds is 12. The number of allylic oxidation sites excluding steroid dienone is 1. The van der Waals surface area contributed by atoms with Gasteiger partial charge in [-0.25, -0.2) is 0 Å². The molecule has 4 nitrogen and oxygen atoms in total. The molecule has 1 heterocycles. The lowest BCUT2D eigenvalue weighted by Gasteiger charge is -2.14. The maximum Gasteiger partial charge on any atom is 0.224 e. The summed E-state index contributed by atoms with van der Waals surface area (Å²) in [5.74, 6) is 0.892. The summed E-state index contributed by atoms with van der Waals surface area (Å²) in [6, 6.07) is 28.8. The SMILES string of the molecule is C=C(CCC(=O)Nc1ccn(Cc2ccccc2)c1-c1ccccc1)c1ccc(CCC)c(OCC)c1. The fourth-order valence-electron chi connectivity index (χ4n) is 4.56. The monoisotopic (exact) mass is 492 g/mol. The van der Waals surface area contributed by atoms with Crippen LogP contribution < -0.4 is 10.1 Å². The van der Waals surface area contributed by atoms with Crippen molar-refractivity contribution in [2.45, 2.75) is 46.1 Å². The molecule has 0 bridgehead atoms. The average molecular weight is 493 g/mol. The second kappa shape index (κ2) is 12.8. The Kier molecular flexibility index (Phi) is 8.98. The number of aromatic nitrogens is 1. The van der Waals surface area contributed by atoms with Crippen LogP contribution >= 0.6 is 0 Å². The highest BCUT2D eigenvalue weighted by Gasteiger charge is 2.15. The number of hydrogen-bond donors (Lipinski definition) is 1. The van der Waals surface area contributed by atoms with Gasteiger partial charge in [0.1, 0.15) is 5.75 Å². The van der Waals surface area contributed by atoms with E-state index in [0.717, 1.165) is 53.2 Å². The molecule has 3 aromatic carbocycles. The van der Waals surface area contributed by atoms with Gasteiger partial charge in [0, 0.05) is 24.7 Å². The number of amides is 1. The lowest BCUT2D eigenvalue weighted by Crippen LogP contribution is -2.12. The Labute approximate surface area is 220 Å². The van der Waals surface area contributed by atoms with Crippen LogP contribution in [0, 0.1) is 0 Å². The van der Waals surface area contributed by atoms with Gasteiger partial charge in [0.2, 0.25) is 5.91 Å². The van der Waals surface area contributed by atoms with Crippen molar-refractivity contribution in [2.75, 3.05) is 11.9 Å². The number of anilines is 1. The van der Waals surface area contributed by atoms with Crippen LogP contribution in [0.3, 0.4) is 0 Å². The molecule has 0 atom stereocenters. The third-order valence-corrected chi connectivity index (χ3v) is 6.43. The van der Waals surface area contributed by atoms with Gasteiger partial charge in [-0.3, -0.25) is 4.79 Å². The van der Waals surface area contributed by atoms with E-state index in [1.807, 2.05) is 55.6 Å². The third kappa shape index (κ3) is 6.79. The molecule has 4 rings (SSSR count). The molecule has 1 aromatic heterocycles. The highest BCUT2D eigenvalue weighted by molar-refractivity contribution is 5.95. The Bertz CT molecular complexity index is 1320. The largest absolute Gasteiger partial charge is 0.494 e. The van der Waals surface area contributed by atoms with Gasteiger partial charge in [-0.1, -0.05) is 92.7 Å². The minimum Gasteiger partial charge on any atom is -0.494 e. The lowest BCUT2D eigenvalue weighted by molar-refractivity contribution is -0.116. The topological polar surface area (TPSA) is 43.3 Å². The first-order valence-corrected chi connectivity index (χ1v) is 13.1. The molecule has 37 heavy (non-hydrogen) atoms. The van der Waals surface area contributed by atoms with Gasteiger partial charge in [-0.2, -0.15) is 0 Å². The highest BCUT2D eigenvalue weighted by Crippen LogP contribution is 2.31. The van der Waals surface area contributed by atoms with Crippen LogP contribution in [-0.2, 0) is 17.8 Å². The number of hydrogen-bond acceptors (Lipinski definition) is 2. The van der Waals surface area contributed by atoms with Crippen molar-refractivity contribution in [3.05, 3.63) is 114 Å². The van der Waals surface area contributed by atoms with Crippen LogP contribution in [0.2, 0.25) is 0 Å². The van der Waals surface area contributed by atoms with E-state index in [1.165, 1.54) is 11.1 Å². The van der Waals surface area contributed by atoms with Crippen LogP contribution in [0.4, 0.5) is 5.69 Å². The first-order chi connectivity index (χ1) is 18.1. The van der Waals surface area contributed by atoms with Crippen LogP contribution in [0.15, 0.2) is 97.7 Å². The summed E-state index contributed by atoms with van der Waals surface area (Å²) in [7, 11) is 0. The summed E-state index contributed by atoms with van der Waals surface area (Å²) in [5.41, 5.74) is 7.27. The number of benzene rings is 3. The molecule has 1 amide bonds. The summed E-state index contributed by atoms with van der Waals surface area (Å²) >= 11 is 0. The maximum absolute atomic E-state index is 13.0. The van der Waals surface area contributed by atoms with E-state index in [4.69, 9.17) is 4.74 Å². The van der Waals surface area contributed by atoms with Crippen molar-refractivity contribution in [3.63, 3.8) is 0 Å². The van der Waals surface area contributed by atoms with E-state index in [1.54, 1.807) is 0 Å². The molecule has 0 radical (unpaired) electrons. The number of ether oxygens (including phenoxy) is 1. The normalized spacial score (nSPS) is 10.8. The van der Waals surface area contributed by atoms with Crippen LogP contribution in [0.5, 0.6) is 5.75 Å². The Morgan fingerprint density at radius 2 is 1.65 bits per heavy atom. The van der Waals surface area contributed by atoms with Crippen molar-refractivity contribution in [2.24, 2.45) is 0 Å². The average Bonchev–Trinajstić information content (AvgIpc) is 3.31. The second-order valence-electron chi connectivity index (χ2n) is 9.21. The molecule has 0 aliphatic carbocycles. The van der Waals surface area contributed by atoms with Crippen LogP contribution in [-0.4, -0.2) is 17.1 Å². The Balaban J connectivity index is 1.46. The zero-order valence-electron chi connectivity index (χ0n) is 21.9. The predicted molar refractivity (Wildman–Crippen MR) is 154 cm³/mol. The van der Waals surface area contributed by atoms with Gasteiger partial charge in [0.15, 0.2) is 0 Å². The van der Waals surface area contributed by atoms with Crippen molar-refractivity contribution in [1.82, 2.24) is 4.57 Å². The first-order valence-electron chi connectivity index (χ1n) is 13.1. The van der Waals surface area contributed by atoms with E-state index in [2.05, 4.69) is 65.9 Å². The zero-order valence-corrected chi connectivity index (χ0v) is 21.9. The van der Waals surface area contributed by atoms with Gasteiger partial charge in [-0.15, -0.1) is 0 Å². The van der Waals surface area contributed by atoms with Crippen molar-refractivity contribution in [1.29, 1.82) is 0 Å².